The van der Waals surface area contributed by atoms with Gasteiger partial charge in [-0.2, -0.15) is 0 Å². The largest absolute Gasteiger partial charge is 0.384 e. The van der Waals surface area contributed by atoms with Crippen LogP contribution < -0.4 is 0 Å². The zero-order valence-electron chi connectivity index (χ0n) is 12.0. The minimum absolute atomic E-state index is 0.169. The number of benzene rings is 1. The lowest BCUT2D eigenvalue weighted by Gasteiger charge is -2.34. The van der Waals surface area contributed by atoms with Crippen LogP contribution in [0.3, 0.4) is 0 Å². The van der Waals surface area contributed by atoms with E-state index in [-0.39, 0.29) is 6.10 Å². The van der Waals surface area contributed by atoms with Gasteiger partial charge >= 0.3 is 0 Å². The molecule has 1 aromatic carbocycles. The van der Waals surface area contributed by atoms with E-state index in [9.17, 15) is 0 Å². The lowest BCUT2D eigenvalue weighted by Crippen LogP contribution is -2.39. The molecule has 1 heterocycles. The van der Waals surface area contributed by atoms with Crippen molar-refractivity contribution in [3.8, 4) is 0 Å². The number of hydrogen-bond acceptors (Lipinski definition) is 3. The van der Waals surface area contributed by atoms with Gasteiger partial charge in [0.25, 0.3) is 0 Å². The van der Waals surface area contributed by atoms with Crippen molar-refractivity contribution in [2.45, 2.75) is 18.9 Å². The van der Waals surface area contributed by atoms with E-state index in [4.69, 9.17) is 9.47 Å². The average Bonchev–Trinajstić information content (AvgIpc) is 2.46. The fourth-order valence-electron chi connectivity index (χ4n) is 2.91. The van der Waals surface area contributed by atoms with Gasteiger partial charge in [-0.05, 0) is 30.9 Å². The van der Waals surface area contributed by atoms with Gasteiger partial charge in [0.2, 0.25) is 0 Å². The number of rotatable bonds is 6. The minimum atomic E-state index is 0.169. The Morgan fingerprint density at radius 1 is 1.26 bits per heavy atom. The summed E-state index contributed by atoms with van der Waals surface area (Å²) in [5, 5.41) is 0. The Bertz CT molecular complexity index is 353. The molecule has 106 valence electrons. The van der Waals surface area contributed by atoms with Gasteiger partial charge in [0.05, 0.1) is 12.7 Å². The van der Waals surface area contributed by atoms with Gasteiger partial charge in [0.15, 0.2) is 0 Å². The summed E-state index contributed by atoms with van der Waals surface area (Å²) >= 11 is 0. The van der Waals surface area contributed by atoms with Gasteiger partial charge < -0.3 is 14.4 Å². The Hall–Kier alpha value is -0.900. The monoisotopic (exact) mass is 263 g/mol. The molecule has 0 bridgehead atoms. The van der Waals surface area contributed by atoms with Gasteiger partial charge in [-0.25, -0.2) is 0 Å². The van der Waals surface area contributed by atoms with Gasteiger partial charge in [-0.15, -0.1) is 0 Å². The summed E-state index contributed by atoms with van der Waals surface area (Å²) in [7, 11) is 3.59. The summed E-state index contributed by atoms with van der Waals surface area (Å²) in [5.41, 5.74) is 1.26. The van der Waals surface area contributed by atoms with Crippen molar-refractivity contribution in [2.24, 2.45) is 5.92 Å². The van der Waals surface area contributed by atoms with E-state index in [0.29, 0.717) is 5.92 Å². The standard InChI is InChI=1S/C16H25NO2/c1-18-13-14-7-6-10-17(11-14)12-16(19-2)15-8-4-3-5-9-15/h3-5,8-9,14,16H,6-7,10-13H2,1-2H3/t14-,16-/m1/s1. The number of hydrogen-bond donors (Lipinski definition) is 0. The maximum atomic E-state index is 5.66. The highest BCUT2D eigenvalue weighted by Gasteiger charge is 2.22. The zero-order valence-corrected chi connectivity index (χ0v) is 12.0. The second-order valence-electron chi connectivity index (χ2n) is 5.36. The lowest BCUT2D eigenvalue weighted by molar-refractivity contribution is 0.0335. The van der Waals surface area contributed by atoms with Gasteiger partial charge in [0.1, 0.15) is 0 Å². The molecule has 3 nitrogen and oxygen atoms in total. The van der Waals surface area contributed by atoms with Crippen molar-refractivity contribution < 1.29 is 9.47 Å². The molecule has 0 N–H and O–H groups in total. The highest BCUT2D eigenvalue weighted by atomic mass is 16.5. The molecular formula is C16H25NO2. The smallest absolute Gasteiger partial charge is 0.0947 e. The lowest BCUT2D eigenvalue weighted by atomic mass is 9.98. The molecule has 0 spiro atoms. The molecule has 0 amide bonds. The summed E-state index contributed by atoms with van der Waals surface area (Å²) in [6.45, 7) is 4.15. The number of methoxy groups -OCH3 is 2. The normalized spacial score (nSPS) is 22.3. The van der Waals surface area contributed by atoms with Gasteiger partial charge in [0, 0.05) is 27.3 Å². The van der Waals surface area contributed by atoms with Crippen molar-refractivity contribution >= 4 is 0 Å². The Morgan fingerprint density at radius 2 is 2.05 bits per heavy atom. The van der Waals surface area contributed by atoms with Crippen molar-refractivity contribution in [1.82, 2.24) is 4.90 Å². The maximum absolute atomic E-state index is 5.66. The maximum Gasteiger partial charge on any atom is 0.0947 e. The van der Waals surface area contributed by atoms with Crippen LogP contribution in [0.1, 0.15) is 24.5 Å². The fraction of sp³-hybridized carbons (Fsp3) is 0.625. The molecule has 1 saturated heterocycles. The van der Waals surface area contributed by atoms with E-state index in [1.54, 1.807) is 14.2 Å². The van der Waals surface area contributed by atoms with Gasteiger partial charge in [-0.1, -0.05) is 30.3 Å². The second-order valence-corrected chi connectivity index (χ2v) is 5.36. The predicted octanol–water partition coefficient (Wildman–Crippen LogP) is 2.73. The van der Waals surface area contributed by atoms with Crippen molar-refractivity contribution in [1.29, 1.82) is 0 Å². The van der Waals surface area contributed by atoms with E-state index in [1.807, 2.05) is 6.07 Å². The van der Waals surface area contributed by atoms with E-state index in [1.165, 1.54) is 24.9 Å². The molecule has 3 heteroatoms. The quantitative estimate of drug-likeness (QED) is 0.787. The van der Waals surface area contributed by atoms with E-state index < -0.39 is 0 Å². The van der Waals surface area contributed by atoms with Crippen LogP contribution in [-0.2, 0) is 9.47 Å². The minimum Gasteiger partial charge on any atom is -0.384 e. The molecule has 2 atom stereocenters. The first-order valence-electron chi connectivity index (χ1n) is 7.12. The molecule has 0 radical (unpaired) electrons. The van der Waals surface area contributed by atoms with Crippen LogP contribution in [0.15, 0.2) is 30.3 Å². The van der Waals surface area contributed by atoms with E-state index in [0.717, 1.165) is 19.7 Å². The second kappa shape index (κ2) is 7.63. The molecule has 1 aliphatic rings. The number of nitrogens with zero attached hydrogens (tertiary/aromatic N) is 1. The molecular weight excluding hydrogens is 238 g/mol. The fourth-order valence-corrected chi connectivity index (χ4v) is 2.91. The van der Waals surface area contributed by atoms with Crippen LogP contribution >= 0.6 is 0 Å². The van der Waals surface area contributed by atoms with Crippen LogP contribution in [0.5, 0.6) is 0 Å². The topological polar surface area (TPSA) is 21.7 Å². The number of likely N-dealkylation sites (tertiary alicyclic amines) is 1. The van der Waals surface area contributed by atoms with Crippen LogP contribution in [0.25, 0.3) is 0 Å². The van der Waals surface area contributed by atoms with E-state index in [2.05, 4.69) is 29.2 Å². The Kier molecular flexibility index (Phi) is 5.83. The SMILES string of the molecule is COC[C@@H]1CCCN(C[C@@H](OC)c2ccccc2)C1. The summed E-state index contributed by atoms with van der Waals surface area (Å²) in [6, 6.07) is 10.5. The van der Waals surface area contributed by atoms with E-state index >= 15 is 0 Å². The molecule has 0 aliphatic carbocycles. The highest BCUT2D eigenvalue weighted by Crippen LogP contribution is 2.22. The molecule has 2 rings (SSSR count). The molecule has 1 aromatic rings. The van der Waals surface area contributed by atoms with Crippen molar-refractivity contribution in [2.75, 3.05) is 40.5 Å². The first kappa shape index (κ1) is 14.5. The third kappa shape index (κ3) is 4.30. The predicted molar refractivity (Wildman–Crippen MR) is 77.2 cm³/mol. The summed E-state index contributed by atoms with van der Waals surface area (Å²) in [6.07, 6.45) is 2.72. The Balaban J connectivity index is 1.91. The molecule has 1 fully saturated rings. The number of ether oxygens (including phenoxy) is 2. The molecule has 0 unspecified atom stereocenters. The van der Waals surface area contributed by atoms with Crippen LogP contribution in [-0.4, -0.2) is 45.4 Å². The Labute approximate surface area is 116 Å². The highest BCUT2D eigenvalue weighted by molar-refractivity contribution is 5.17. The average molecular weight is 263 g/mol. The van der Waals surface area contributed by atoms with Crippen LogP contribution in [0, 0.1) is 5.92 Å². The summed E-state index contributed by atoms with van der Waals surface area (Å²) < 4.78 is 10.9. The molecule has 0 aromatic heterocycles. The Morgan fingerprint density at radius 3 is 2.74 bits per heavy atom. The molecule has 19 heavy (non-hydrogen) atoms. The van der Waals surface area contributed by atoms with Gasteiger partial charge in [-0.3, -0.25) is 0 Å². The number of piperidine rings is 1. The third-order valence-electron chi connectivity index (χ3n) is 3.89. The van der Waals surface area contributed by atoms with Crippen molar-refractivity contribution in [3.63, 3.8) is 0 Å². The molecule has 0 saturated carbocycles. The first-order chi connectivity index (χ1) is 9.33. The third-order valence-corrected chi connectivity index (χ3v) is 3.89. The first-order valence-corrected chi connectivity index (χ1v) is 7.12. The van der Waals surface area contributed by atoms with Crippen LogP contribution in [0.2, 0.25) is 0 Å². The van der Waals surface area contributed by atoms with Crippen molar-refractivity contribution in [3.05, 3.63) is 35.9 Å². The molecule has 1 aliphatic heterocycles. The zero-order chi connectivity index (χ0) is 13.5. The summed E-state index contributed by atoms with van der Waals surface area (Å²) in [5.74, 6) is 0.673. The summed E-state index contributed by atoms with van der Waals surface area (Å²) in [4.78, 5) is 2.51. The van der Waals surface area contributed by atoms with Crippen LogP contribution in [0.4, 0.5) is 0 Å².